The highest BCUT2D eigenvalue weighted by atomic mass is 35.5. The Morgan fingerprint density at radius 3 is 2.86 bits per heavy atom. The molecule has 1 aromatic heterocycles. The van der Waals surface area contributed by atoms with Gasteiger partial charge in [-0.25, -0.2) is 4.98 Å². The summed E-state index contributed by atoms with van der Waals surface area (Å²) in [5.74, 6) is 0.212. The summed E-state index contributed by atoms with van der Waals surface area (Å²) in [4.78, 5) is 17.1. The zero-order valence-electron chi connectivity index (χ0n) is 11.5. The average molecular weight is 345 g/mol. The predicted octanol–water partition coefficient (Wildman–Crippen LogP) is 3.84. The number of aryl methyl sites for hydroxylation is 1. The molecule has 0 saturated carbocycles. The zero-order valence-corrected chi connectivity index (χ0v) is 13.9. The van der Waals surface area contributed by atoms with Gasteiger partial charge in [-0.15, -0.1) is 11.3 Å². The molecule has 1 aromatic carbocycles. The fraction of sp³-hybridized carbons (Fsp3) is 0.286. The predicted molar refractivity (Wildman–Crippen MR) is 85.2 cm³/mol. The van der Waals surface area contributed by atoms with Gasteiger partial charge in [0.2, 0.25) is 0 Å². The van der Waals surface area contributed by atoms with Crippen molar-refractivity contribution in [3.8, 4) is 5.75 Å². The zero-order chi connectivity index (χ0) is 15.4. The summed E-state index contributed by atoms with van der Waals surface area (Å²) < 4.78 is 5.54. The van der Waals surface area contributed by atoms with Crippen molar-refractivity contribution in [3.05, 3.63) is 44.3 Å². The van der Waals surface area contributed by atoms with E-state index < -0.39 is 6.10 Å². The van der Waals surface area contributed by atoms with Gasteiger partial charge >= 0.3 is 0 Å². The molecule has 21 heavy (non-hydrogen) atoms. The van der Waals surface area contributed by atoms with E-state index in [9.17, 15) is 4.79 Å². The minimum Gasteiger partial charge on any atom is -0.479 e. The number of ether oxygens (including phenoxy) is 1. The number of hydrogen-bond acceptors (Lipinski definition) is 4. The maximum absolute atomic E-state index is 12.0. The number of nitrogens with zero attached hydrogens (tertiary/aromatic N) is 1. The van der Waals surface area contributed by atoms with E-state index in [1.165, 1.54) is 0 Å². The second-order valence-corrected chi connectivity index (χ2v) is 6.56. The Bertz CT molecular complexity index is 646. The maximum atomic E-state index is 12.0. The molecule has 4 nitrogen and oxygen atoms in total. The van der Waals surface area contributed by atoms with E-state index in [1.807, 2.05) is 6.92 Å². The standard InChI is InChI=1S/C14H14Cl2N2O2S/c1-8(20-13-4-3-10(15)5-12(13)16)14(19)18-7-11-6-17-9(2)21-11/h3-6,8H,7H2,1-2H3,(H,18,19)/t8-/m0/s1. The van der Waals surface area contributed by atoms with Gasteiger partial charge < -0.3 is 10.1 Å². The molecule has 2 aromatic rings. The van der Waals surface area contributed by atoms with Crippen molar-refractivity contribution >= 4 is 40.4 Å². The van der Waals surface area contributed by atoms with E-state index in [0.717, 1.165) is 9.88 Å². The van der Waals surface area contributed by atoms with Crippen LogP contribution < -0.4 is 10.1 Å². The number of aromatic nitrogens is 1. The van der Waals surface area contributed by atoms with Crippen LogP contribution >= 0.6 is 34.5 Å². The first kappa shape index (κ1) is 16.1. The molecule has 0 unspecified atom stereocenters. The highest BCUT2D eigenvalue weighted by Gasteiger charge is 2.16. The third-order valence-corrected chi connectivity index (χ3v) is 4.12. The molecule has 0 radical (unpaired) electrons. The number of nitrogens with one attached hydrogen (secondary N) is 1. The van der Waals surface area contributed by atoms with Crippen LogP contribution in [0.3, 0.4) is 0 Å². The van der Waals surface area contributed by atoms with Gasteiger partial charge in [0.05, 0.1) is 16.6 Å². The molecule has 7 heteroatoms. The van der Waals surface area contributed by atoms with E-state index >= 15 is 0 Å². The lowest BCUT2D eigenvalue weighted by atomic mass is 10.3. The largest absolute Gasteiger partial charge is 0.479 e. The number of halogens is 2. The molecule has 1 heterocycles. The quantitative estimate of drug-likeness (QED) is 0.896. The molecule has 112 valence electrons. The van der Waals surface area contributed by atoms with Gasteiger partial charge in [-0.2, -0.15) is 0 Å². The Kier molecular flexibility index (Phi) is 5.45. The van der Waals surface area contributed by atoms with Crippen LogP contribution in [-0.4, -0.2) is 17.0 Å². The molecular weight excluding hydrogens is 331 g/mol. The fourth-order valence-electron chi connectivity index (χ4n) is 1.62. The van der Waals surface area contributed by atoms with Gasteiger partial charge in [-0.05, 0) is 32.0 Å². The minimum atomic E-state index is -0.655. The van der Waals surface area contributed by atoms with Crippen LogP contribution in [0.2, 0.25) is 10.0 Å². The number of thiazole rings is 1. The molecule has 0 bridgehead atoms. The number of carbonyl (C=O) groups excluding carboxylic acids is 1. The molecule has 2 rings (SSSR count). The van der Waals surface area contributed by atoms with E-state index in [-0.39, 0.29) is 5.91 Å². The maximum Gasteiger partial charge on any atom is 0.261 e. The molecular formula is C14H14Cl2N2O2S. The topological polar surface area (TPSA) is 51.2 Å². The van der Waals surface area contributed by atoms with Crippen molar-refractivity contribution in [1.82, 2.24) is 10.3 Å². The highest BCUT2D eigenvalue weighted by molar-refractivity contribution is 7.11. The number of rotatable bonds is 5. The molecule has 1 atom stereocenters. The molecule has 0 fully saturated rings. The number of amides is 1. The lowest BCUT2D eigenvalue weighted by molar-refractivity contribution is -0.127. The van der Waals surface area contributed by atoms with Crippen molar-refractivity contribution in [2.75, 3.05) is 0 Å². The van der Waals surface area contributed by atoms with Crippen molar-refractivity contribution in [2.24, 2.45) is 0 Å². The normalized spacial score (nSPS) is 12.0. The molecule has 1 N–H and O–H groups in total. The van der Waals surface area contributed by atoms with Gasteiger partial charge in [0.15, 0.2) is 6.10 Å². The van der Waals surface area contributed by atoms with Crippen LogP contribution in [0.1, 0.15) is 16.8 Å². The number of hydrogen-bond donors (Lipinski definition) is 1. The molecule has 0 aliphatic heterocycles. The monoisotopic (exact) mass is 344 g/mol. The summed E-state index contributed by atoms with van der Waals surface area (Å²) in [6.45, 7) is 4.02. The highest BCUT2D eigenvalue weighted by Crippen LogP contribution is 2.28. The smallest absolute Gasteiger partial charge is 0.261 e. The van der Waals surface area contributed by atoms with Gasteiger partial charge in [0.25, 0.3) is 5.91 Å². The second kappa shape index (κ2) is 7.11. The lowest BCUT2D eigenvalue weighted by Gasteiger charge is -2.15. The van der Waals surface area contributed by atoms with Crippen molar-refractivity contribution in [1.29, 1.82) is 0 Å². The van der Waals surface area contributed by atoms with E-state index in [1.54, 1.807) is 42.7 Å². The summed E-state index contributed by atoms with van der Waals surface area (Å²) in [6.07, 6.45) is 1.10. The Morgan fingerprint density at radius 2 is 2.24 bits per heavy atom. The Hall–Kier alpha value is -1.30. The molecule has 0 aliphatic carbocycles. The SMILES string of the molecule is Cc1ncc(CNC(=O)[C@H](C)Oc2ccc(Cl)cc2Cl)s1. The second-order valence-electron chi connectivity index (χ2n) is 4.40. The Labute approximate surface area is 137 Å². The van der Waals surface area contributed by atoms with Crippen LogP contribution in [0.4, 0.5) is 0 Å². The Balaban J connectivity index is 1.90. The van der Waals surface area contributed by atoms with Crippen molar-refractivity contribution < 1.29 is 9.53 Å². The number of carbonyl (C=O) groups is 1. The van der Waals surface area contributed by atoms with Crippen LogP contribution in [-0.2, 0) is 11.3 Å². The average Bonchev–Trinajstić information content (AvgIpc) is 2.85. The van der Waals surface area contributed by atoms with Crippen LogP contribution in [0.15, 0.2) is 24.4 Å². The van der Waals surface area contributed by atoms with E-state index in [0.29, 0.717) is 22.3 Å². The summed E-state index contributed by atoms with van der Waals surface area (Å²) in [5.41, 5.74) is 0. The Morgan fingerprint density at radius 1 is 1.48 bits per heavy atom. The first-order valence-electron chi connectivity index (χ1n) is 6.26. The van der Waals surface area contributed by atoms with Crippen LogP contribution in [0.5, 0.6) is 5.75 Å². The molecule has 0 saturated heterocycles. The molecule has 0 aliphatic rings. The summed E-state index contributed by atoms with van der Waals surface area (Å²) in [5, 5.41) is 4.66. The van der Waals surface area contributed by atoms with Crippen molar-refractivity contribution in [2.45, 2.75) is 26.5 Å². The van der Waals surface area contributed by atoms with Gasteiger partial charge in [-0.1, -0.05) is 23.2 Å². The van der Waals surface area contributed by atoms with Crippen molar-refractivity contribution in [3.63, 3.8) is 0 Å². The minimum absolute atomic E-state index is 0.216. The summed E-state index contributed by atoms with van der Waals surface area (Å²) in [7, 11) is 0. The first-order chi connectivity index (χ1) is 9.95. The molecule has 0 spiro atoms. The van der Waals surface area contributed by atoms with Crippen LogP contribution in [0.25, 0.3) is 0 Å². The molecule has 1 amide bonds. The number of benzene rings is 1. The third kappa shape index (κ3) is 4.59. The fourth-order valence-corrected chi connectivity index (χ4v) is 2.81. The van der Waals surface area contributed by atoms with Crippen LogP contribution in [0, 0.1) is 6.92 Å². The third-order valence-electron chi connectivity index (χ3n) is 2.67. The lowest BCUT2D eigenvalue weighted by Crippen LogP contribution is -2.35. The van der Waals surface area contributed by atoms with E-state index in [4.69, 9.17) is 27.9 Å². The van der Waals surface area contributed by atoms with Gasteiger partial charge in [0, 0.05) is 16.1 Å². The summed E-state index contributed by atoms with van der Waals surface area (Å²) >= 11 is 13.4. The first-order valence-corrected chi connectivity index (χ1v) is 7.83. The van der Waals surface area contributed by atoms with Gasteiger partial charge in [-0.3, -0.25) is 4.79 Å². The summed E-state index contributed by atoms with van der Waals surface area (Å²) in [6, 6.07) is 4.87. The van der Waals surface area contributed by atoms with E-state index in [2.05, 4.69) is 10.3 Å². The van der Waals surface area contributed by atoms with Gasteiger partial charge in [0.1, 0.15) is 5.75 Å².